The number of nitrogens with one attached hydrogen (secondary N) is 1. The number of hydrogen-bond donors (Lipinski definition) is 1. The Hall–Kier alpha value is -1.99. The number of thioether (sulfide) groups is 1. The van der Waals surface area contributed by atoms with E-state index in [4.69, 9.17) is 0 Å². The lowest BCUT2D eigenvalue weighted by atomic mass is 10.1. The number of allylic oxidation sites excluding steroid dienone is 1. The highest BCUT2D eigenvalue weighted by atomic mass is 32.2. The lowest BCUT2D eigenvalue weighted by Gasteiger charge is -2.10. The number of benzene rings is 1. The largest absolute Gasteiger partial charge is 0.324 e. The van der Waals surface area contributed by atoms with Crippen LogP contribution in [0.5, 0.6) is 0 Å². The molecule has 0 saturated heterocycles. The van der Waals surface area contributed by atoms with Crippen LogP contribution in [0.4, 0.5) is 14.5 Å². The van der Waals surface area contributed by atoms with Crippen molar-refractivity contribution in [3.05, 3.63) is 52.4 Å². The maximum Gasteiger partial charge on any atom is 0.234 e. The number of ketones is 1. The minimum Gasteiger partial charge on any atom is -0.324 e. The number of amides is 1. The maximum absolute atomic E-state index is 13.5. The quantitative estimate of drug-likeness (QED) is 0.681. The number of rotatable bonds is 3. The van der Waals surface area contributed by atoms with Crippen molar-refractivity contribution in [1.29, 1.82) is 0 Å². The predicted molar refractivity (Wildman–Crippen MR) is 83.4 cm³/mol. The predicted octanol–water partition coefficient (Wildman–Crippen LogP) is 3.97. The molecule has 2 heterocycles. The molecule has 1 aliphatic heterocycles. The number of halogens is 2. The standard InChI is InChI=1S/C15H9F2NO2S2/c16-9-2-3-10(17)8(5-9)1-4-12(19)13-6-11-15(22-13)21-7-14(20)18-11/h1-6H,7H2,(H,18,20)/b4-1+. The molecule has 3 nitrogen and oxygen atoms in total. The Morgan fingerprint density at radius 3 is 2.91 bits per heavy atom. The van der Waals surface area contributed by atoms with Gasteiger partial charge in [0.05, 0.1) is 20.5 Å². The van der Waals surface area contributed by atoms with E-state index in [0.717, 1.165) is 22.4 Å². The van der Waals surface area contributed by atoms with Crippen molar-refractivity contribution in [3.63, 3.8) is 0 Å². The summed E-state index contributed by atoms with van der Waals surface area (Å²) in [4.78, 5) is 23.8. The van der Waals surface area contributed by atoms with Crippen molar-refractivity contribution in [1.82, 2.24) is 0 Å². The molecule has 1 aromatic heterocycles. The molecule has 0 saturated carbocycles. The molecule has 0 aliphatic carbocycles. The topological polar surface area (TPSA) is 46.2 Å². The van der Waals surface area contributed by atoms with Crippen LogP contribution in [0.2, 0.25) is 0 Å². The lowest BCUT2D eigenvalue weighted by Crippen LogP contribution is -2.17. The molecular weight excluding hydrogens is 328 g/mol. The van der Waals surface area contributed by atoms with Gasteiger partial charge in [0.15, 0.2) is 5.78 Å². The summed E-state index contributed by atoms with van der Waals surface area (Å²) in [6.07, 6.45) is 2.44. The third kappa shape index (κ3) is 3.10. The van der Waals surface area contributed by atoms with Crippen molar-refractivity contribution in [3.8, 4) is 0 Å². The normalized spacial score (nSPS) is 14.0. The van der Waals surface area contributed by atoms with Crippen molar-refractivity contribution in [2.75, 3.05) is 11.1 Å². The van der Waals surface area contributed by atoms with Gasteiger partial charge in [0.2, 0.25) is 5.91 Å². The van der Waals surface area contributed by atoms with Gasteiger partial charge < -0.3 is 5.32 Å². The summed E-state index contributed by atoms with van der Waals surface area (Å²) >= 11 is 2.64. The minimum absolute atomic E-state index is 0.0114. The van der Waals surface area contributed by atoms with Crippen LogP contribution in [-0.2, 0) is 4.79 Å². The fourth-order valence-electron chi connectivity index (χ4n) is 1.90. The molecule has 0 atom stereocenters. The van der Waals surface area contributed by atoms with Gasteiger partial charge in [-0.15, -0.1) is 23.1 Å². The molecule has 3 rings (SSSR count). The van der Waals surface area contributed by atoms with Crippen molar-refractivity contribution < 1.29 is 18.4 Å². The minimum atomic E-state index is -0.598. The molecule has 0 bridgehead atoms. The number of hydrogen-bond acceptors (Lipinski definition) is 4. The van der Waals surface area contributed by atoms with Crippen molar-refractivity contribution >= 4 is 46.6 Å². The highest BCUT2D eigenvalue weighted by Crippen LogP contribution is 2.39. The molecule has 1 amide bonds. The van der Waals surface area contributed by atoms with Crippen LogP contribution < -0.4 is 5.32 Å². The Bertz CT molecular complexity index is 799. The van der Waals surface area contributed by atoms with Gasteiger partial charge in [-0.2, -0.15) is 0 Å². The van der Waals surface area contributed by atoms with E-state index in [1.807, 2.05) is 0 Å². The zero-order valence-corrected chi connectivity index (χ0v) is 12.7. The average Bonchev–Trinajstić information content (AvgIpc) is 2.91. The summed E-state index contributed by atoms with van der Waals surface area (Å²) in [6, 6.07) is 4.64. The molecule has 0 unspecified atom stereocenters. The van der Waals surface area contributed by atoms with Crippen LogP contribution in [0, 0.1) is 11.6 Å². The van der Waals surface area contributed by atoms with Gasteiger partial charge in [-0.1, -0.05) is 0 Å². The zero-order valence-electron chi connectivity index (χ0n) is 11.1. The maximum atomic E-state index is 13.5. The third-order valence-corrected chi connectivity index (χ3v) is 5.36. The van der Waals surface area contributed by atoms with Crippen LogP contribution in [0.25, 0.3) is 6.08 Å². The van der Waals surface area contributed by atoms with E-state index in [1.54, 1.807) is 6.07 Å². The fraction of sp³-hybridized carbons (Fsp3) is 0.0667. The Kier molecular flexibility index (Phi) is 4.08. The van der Waals surface area contributed by atoms with Crippen LogP contribution in [0.15, 0.2) is 34.6 Å². The van der Waals surface area contributed by atoms with Gasteiger partial charge in [-0.25, -0.2) is 8.78 Å². The second-order valence-corrected chi connectivity index (χ2v) is 6.81. The number of carbonyl (C=O) groups excluding carboxylic acids is 2. The third-order valence-electron chi connectivity index (χ3n) is 2.92. The first kappa shape index (κ1) is 14.9. The summed E-state index contributed by atoms with van der Waals surface area (Å²) in [5, 5.41) is 2.69. The van der Waals surface area contributed by atoms with Gasteiger partial charge in [0.1, 0.15) is 11.6 Å². The molecule has 0 radical (unpaired) electrons. The van der Waals surface area contributed by atoms with Gasteiger partial charge in [0, 0.05) is 5.56 Å². The van der Waals surface area contributed by atoms with Crippen LogP contribution in [0.3, 0.4) is 0 Å². The molecular formula is C15H9F2NO2S2. The van der Waals surface area contributed by atoms with E-state index in [0.29, 0.717) is 16.3 Å². The molecule has 7 heteroatoms. The Morgan fingerprint density at radius 1 is 1.27 bits per heavy atom. The van der Waals surface area contributed by atoms with Crippen molar-refractivity contribution in [2.45, 2.75) is 4.21 Å². The first-order chi connectivity index (χ1) is 10.5. The van der Waals surface area contributed by atoms with E-state index >= 15 is 0 Å². The van der Waals surface area contributed by atoms with E-state index in [-0.39, 0.29) is 17.3 Å². The number of anilines is 1. The summed E-state index contributed by atoms with van der Waals surface area (Å²) in [6.45, 7) is 0. The summed E-state index contributed by atoms with van der Waals surface area (Å²) in [5.41, 5.74) is 0.636. The monoisotopic (exact) mass is 337 g/mol. The SMILES string of the molecule is O=C1CSc2sc(C(=O)/C=C/c3cc(F)ccc3F)cc2N1. The second kappa shape index (κ2) is 6.02. The van der Waals surface area contributed by atoms with E-state index in [2.05, 4.69) is 5.32 Å². The smallest absolute Gasteiger partial charge is 0.234 e. The molecule has 1 aliphatic rings. The Labute approximate surface area is 133 Å². The summed E-state index contributed by atoms with van der Waals surface area (Å²) in [5.74, 6) is -1.27. The molecule has 0 spiro atoms. The fourth-order valence-corrected chi connectivity index (χ4v) is 3.94. The molecule has 2 aromatic rings. The molecule has 1 aromatic carbocycles. The number of fused-ring (bicyclic) bond motifs is 1. The van der Waals surface area contributed by atoms with E-state index < -0.39 is 11.6 Å². The first-order valence-corrected chi connectivity index (χ1v) is 8.07. The highest BCUT2D eigenvalue weighted by Gasteiger charge is 2.20. The van der Waals surface area contributed by atoms with Crippen LogP contribution in [-0.4, -0.2) is 17.4 Å². The molecule has 1 N–H and O–H groups in total. The van der Waals surface area contributed by atoms with E-state index in [9.17, 15) is 18.4 Å². The molecule has 22 heavy (non-hydrogen) atoms. The number of thiophene rings is 1. The molecule has 0 fully saturated rings. The summed E-state index contributed by atoms with van der Waals surface area (Å²) in [7, 11) is 0. The van der Waals surface area contributed by atoms with Crippen molar-refractivity contribution in [2.24, 2.45) is 0 Å². The Balaban J connectivity index is 1.81. The summed E-state index contributed by atoms with van der Waals surface area (Å²) < 4.78 is 27.4. The highest BCUT2D eigenvalue weighted by molar-refractivity contribution is 8.02. The van der Waals surface area contributed by atoms with Gasteiger partial charge in [-0.3, -0.25) is 9.59 Å². The number of carbonyl (C=O) groups is 2. The Morgan fingerprint density at radius 2 is 2.09 bits per heavy atom. The average molecular weight is 337 g/mol. The zero-order chi connectivity index (χ0) is 15.7. The van der Waals surface area contributed by atoms with Gasteiger partial charge >= 0.3 is 0 Å². The lowest BCUT2D eigenvalue weighted by molar-refractivity contribution is -0.113. The van der Waals surface area contributed by atoms with Gasteiger partial charge in [-0.05, 0) is 36.4 Å². The van der Waals surface area contributed by atoms with Crippen LogP contribution >= 0.6 is 23.1 Å². The van der Waals surface area contributed by atoms with Crippen LogP contribution in [0.1, 0.15) is 15.2 Å². The van der Waals surface area contributed by atoms with E-state index in [1.165, 1.54) is 35.3 Å². The van der Waals surface area contributed by atoms with Gasteiger partial charge in [0.25, 0.3) is 0 Å². The molecule has 112 valence electrons. The first-order valence-electron chi connectivity index (χ1n) is 6.27. The second-order valence-electron chi connectivity index (χ2n) is 4.51.